The van der Waals surface area contributed by atoms with Crippen molar-refractivity contribution < 1.29 is 19.1 Å². The van der Waals surface area contributed by atoms with Gasteiger partial charge in [0.15, 0.2) is 0 Å². The Kier molecular flexibility index (Phi) is 5.86. The SMILES string of the molecule is COc1ccccc1CN1Cc2ccccc2N=C1N1CC[N+](C(=O)[O-])(C(C)(C)C)CC1. The van der Waals surface area contributed by atoms with E-state index >= 15 is 0 Å². The minimum atomic E-state index is -1.00. The fourth-order valence-electron chi connectivity index (χ4n) is 4.78. The Morgan fingerprint density at radius 2 is 1.75 bits per heavy atom. The number of quaternary nitrogens is 1. The highest BCUT2D eigenvalue weighted by Crippen LogP contribution is 2.32. The molecule has 7 heteroatoms. The molecule has 1 saturated heterocycles. The molecule has 32 heavy (non-hydrogen) atoms. The lowest BCUT2D eigenvalue weighted by molar-refractivity contribution is -0.922. The summed E-state index contributed by atoms with van der Waals surface area (Å²) in [6, 6.07) is 16.2. The van der Waals surface area contributed by atoms with Gasteiger partial charge in [0, 0.05) is 18.7 Å². The van der Waals surface area contributed by atoms with Crippen molar-refractivity contribution in [3.8, 4) is 5.75 Å². The number of piperazine rings is 1. The lowest BCUT2D eigenvalue weighted by atomic mass is 10.00. The number of rotatable bonds is 3. The van der Waals surface area contributed by atoms with Crippen LogP contribution in [0.5, 0.6) is 5.75 Å². The molecule has 0 unspecified atom stereocenters. The third-order valence-electron chi connectivity index (χ3n) is 6.83. The number of carboxylic acid groups (broad SMARTS) is 1. The van der Waals surface area contributed by atoms with E-state index in [1.54, 1.807) is 7.11 Å². The summed E-state index contributed by atoms with van der Waals surface area (Å²) in [6.45, 7) is 9.49. The van der Waals surface area contributed by atoms with Crippen LogP contribution in [0, 0.1) is 0 Å². The number of carbonyl (C=O) groups is 1. The van der Waals surface area contributed by atoms with Crippen LogP contribution in [0.25, 0.3) is 0 Å². The molecule has 2 aliphatic heterocycles. The summed E-state index contributed by atoms with van der Waals surface area (Å²) in [5.41, 5.74) is 2.82. The highest BCUT2D eigenvalue weighted by molar-refractivity contribution is 5.85. The topological polar surface area (TPSA) is 68.2 Å². The number of para-hydroxylation sites is 2. The van der Waals surface area contributed by atoms with Crippen LogP contribution in [-0.4, -0.2) is 65.2 Å². The van der Waals surface area contributed by atoms with Crippen LogP contribution in [0.2, 0.25) is 0 Å². The molecular formula is C25H32N4O3. The first kappa shape index (κ1) is 22.1. The normalized spacial score (nSPS) is 18.1. The van der Waals surface area contributed by atoms with E-state index in [0.717, 1.165) is 29.5 Å². The molecular weight excluding hydrogens is 404 g/mol. The molecule has 0 N–H and O–H groups in total. The zero-order valence-corrected chi connectivity index (χ0v) is 19.4. The largest absolute Gasteiger partial charge is 0.498 e. The Bertz CT molecular complexity index is 1020. The summed E-state index contributed by atoms with van der Waals surface area (Å²) < 4.78 is 5.53. The van der Waals surface area contributed by atoms with Gasteiger partial charge in [0.05, 0.1) is 31.4 Å². The van der Waals surface area contributed by atoms with Gasteiger partial charge >= 0.3 is 0 Å². The molecule has 1 amide bonds. The molecule has 0 bridgehead atoms. The fraction of sp³-hybridized carbons (Fsp3) is 0.440. The van der Waals surface area contributed by atoms with Crippen LogP contribution in [-0.2, 0) is 13.1 Å². The molecule has 0 aliphatic carbocycles. The predicted octanol–water partition coefficient (Wildman–Crippen LogP) is 2.97. The first-order chi connectivity index (χ1) is 15.2. The van der Waals surface area contributed by atoms with E-state index in [0.29, 0.717) is 32.7 Å². The number of carbonyl (C=O) groups excluding carboxylic acids is 1. The van der Waals surface area contributed by atoms with Crippen LogP contribution in [0.4, 0.5) is 10.5 Å². The standard InChI is InChI=1S/C25H32N4O3/c1-25(2,3)29(24(30)31)15-13-27(14-16-29)23-26-21-11-7-5-9-19(21)17-28(23)18-20-10-6-8-12-22(20)32-4/h5-12H,13-18H2,1-4H3. The van der Waals surface area contributed by atoms with Crippen molar-refractivity contribution in [1.29, 1.82) is 0 Å². The molecule has 0 spiro atoms. The number of nitrogens with zero attached hydrogens (tertiary/aromatic N) is 4. The lowest BCUT2D eigenvalue weighted by Gasteiger charge is -2.53. The molecule has 0 aromatic heterocycles. The summed E-state index contributed by atoms with van der Waals surface area (Å²) in [7, 11) is 1.69. The van der Waals surface area contributed by atoms with Crippen molar-refractivity contribution in [2.75, 3.05) is 33.3 Å². The average molecular weight is 437 g/mol. The van der Waals surface area contributed by atoms with Crippen LogP contribution in [0.1, 0.15) is 31.9 Å². The molecule has 0 radical (unpaired) electrons. The van der Waals surface area contributed by atoms with Crippen LogP contribution >= 0.6 is 0 Å². The van der Waals surface area contributed by atoms with Gasteiger partial charge in [0.1, 0.15) is 18.8 Å². The summed E-state index contributed by atoms with van der Waals surface area (Å²) >= 11 is 0. The van der Waals surface area contributed by atoms with Crippen molar-refractivity contribution in [2.24, 2.45) is 4.99 Å². The Hall–Kier alpha value is -3.06. The highest BCUT2D eigenvalue weighted by atomic mass is 16.5. The molecule has 0 saturated carbocycles. The number of aliphatic imine (C=N–C) groups is 1. The molecule has 1 fully saturated rings. The van der Waals surface area contributed by atoms with E-state index in [1.165, 1.54) is 5.56 Å². The number of ether oxygens (including phenoxy) is 1. The Morgan fingerprint density at radius 1 is 1.09 bits per heavy atom. The Balaban J connectivity index is 1.64. The second kappa shape index (κ2) is 8.47. The first-order valence-electron chi connectivity index (χ1n) is 11.1. The molecule has 2 aromatic carbocycles. The van der Waals surface area contributed by atoms with Gasteiger partial charge in [-0.25, -0.2) is 4.99 Å². The van der Waals surface area contributed by atoms with Crippen molar-refractivity contribution in [1.82, 2.24) is 9.80 Å². The number of guanidine groups is 1. The van der Waals surface area contributed by atoms with Gasteiger partial charge < -0.3 is 24.4 Å². The monoisotopic (exact) mass is 436 g/mol. The van der Waals surface area contributed by atoms with Gasteiger partial charge in [-0.05, 0) is 38.5 Å². The molecule has 2 heterocycles. The van der Waals surface area contributed by atoms with Gasteiger partial charge in [0.25, 0.3) is 6.09 Å². The van der Waals surface area contributed by atoms with Gasteiger partial charge in [-0.15, -0.1) is 0 Å². The maximum atomic E-state index is 12.1. The minimum Gasteiger partial charge on any atom is -0.498 e. The number of methoxy groups -OCH3 is 1. The summed E-state index contributed by atoms with van der Waals surface area (Å²) in [5, 5.41) is 12.1. The van der Waals surface area contributed by atoms with E-state index in [1.807, 2.05) is 57.2 Å². The third kappa shape index (κ3) is 3.93. The van der Waals surface area contributed by atoms with E-state index in [-0.39, 0.29) is 4.48 Å². The summed E-state index contributed by atoms with van der Waals surface area (Å²) in [4.78, 5) is 21.6. The number of hydrogen-bond acceptors (Lipinski definition) is 6. The van der Waals surface area contributed by atoms with Gasteiger partial charge in [-0.3, -0.25) is 4.48 Å². The molecule has 0 atom stereocenters. The van der Waals surface area contributed by atoms with Crippen molar-refractivity contribution >= 4 is 17.7 Å². The van der Waals surface area contributed by atoms with Gasteiger partial charge in [-0.2, -0.15) is 0 Å². The zero-order chi connectivity index (χ0) is 22.9. The molecule has 2 aromatic rings. The smallest absolute Gasteiger partial charge is 0.257 e. The summed E-state index contributed by atoms with van der Waals surface area (Å²) in [6.07, 6.45) is -1.00. The highest BCUT2D eigenvalue weighted by Gasteiger charge is 2.46. The number of hydrogen-bond donors (Lipinski definition) is 0. The van der Waals surface area contributed by atoms with E-state index in [9.17, 15) is 9.90 Å². The summed E-state index contributed by atoms with van der Waals surface area (Å²) in [5.74, 6) is 1.74. The zero-order valence-electron chi connectivity index (χ0n) is 19.4. The van der Waals surface area contributed by atoms with E-state index in [4.69, 9.17) is 9.73 Å². The van der Waals surface area contributed by atoms with Crippen LogP contribution in [0.15, 0.2) is 53.5 Å². The first-order valence-corrected chi connectivity index (χ1v) is 11.1. The quantitative estimate of drug-likeness (QED) is 0.692. The van der Waals surface area contributed by atoms with Crippen molar-refractivity contribution in [2.45, 2.75) is 39.4 Å². The van der Waals surface area contributed by atoms with Gasteiger partial charge in [0.2, 0.25) is 5.96 Å². The van der Waals surface area contributed by atoms with Crippen LogP contribution < -0.4 is 9.84 Å². The lowest BCUT2D eigenvalue weighted by Crippen LogP contribution is -2.73. The molecule has 4 rings (SSSR count). The molecule has 170 valence electrons. The van der Waals surface area contributed by atoms with Crippen molar-refractivity contribution in [3.63, 3.8) is 0 Å². The Labute approximate surface area is 190 Å². The second-order valence-corrected chi connectivity index (χ2v) is 9.55. The number of benzene rings is 2. The maximum Gasteiger partial charge on any atom is 0.257 e. The van der Waals surface area contributed by atoms with Gasteiger partial charge in [-0.1, -0.05) is 36.4 Å². The fourth-order valence-corrected chi connectivity index (χ4v) is 4.78. The van der Waals surface area contributed by atoms with Crippen molar-refractivity contribution in [3.05, 3.63) is 59.7 Å². The Morgan fingerprint density at radius 3 is 2.41 bits per heavy atom. The van der Waals surface area contributed by atoms with Crippen LogP contribution in [0.3, 0.4) is 0 Å². The second-order valence-electron chi connectivity index (χ2n) is 9.55. The number of amides is 1. The van der Waals surface area contributed by atoms with E-state index < -0.39 is 11.6 Å². The maximum absolute atomic E-state index is 12.1. The predicted molar refractivity (Wildman–Crippen MR) is 122 cm³/mol. The third-order valence-corrected chi connectivity index (χ3v) is 6.83. The average Bonchev–Trinajstić information content (AvgIpc) is 2.78. The molecule has 2 aliphatic rings. The number of fused-ring (bicyclic) bond motifs is 1. The molecule has 7 nitrogen and oxygen atoms in total. The van der Waals surface area contributed by atoms with E-state index in [2.05, 4.69) is 21.9 Å². The minimum absolute atomic E-state index is 0.0418.